The number of halogens is 3. The standard InChI is InChI=1S/C18H21F3N4/c1-13-14(2)22-12-23-17(13)25-9-7-24(8-10-25)11-15-5-3-4-6-16(15)18(19,20)21/h3-6,12H,7-11H2,1-2H3. The molecule has 1 aromatic heterocycles. The Hall–Kier alpha value is -2.15. The van der Waals surface area contributed by atoms with Crippen molar-refractivity contribution in [3.05, 3.63) is 53.0 Å². The molecule has 1 aliphatic rings. The number of anilines is 1. The minimum absolute atomic E-state index is 0.311. The van der Waals surface area contributed by atoms with E-state index < -0.39 is 11.7 Å². The Morgan fingerprint density at radius 1 is 1.00 bits per heavy atom. The van der Waals surface area contributed by atoms with Crippen molar-refractivity contribution in [2.45, 2.75) is 26.6 Å². The molecule has 4 nitrogen and oxygen atoms in total. The lowest BCUT2D eigenvalue weighted by Crippen LogP contribution is -2.46. The van der Waals surface area contributed by atoms with E-state index in [0.717, 1.165) is 36.2 Å². The van der Waals surface area contributed by atoms with E-state index >= 15 is 0 Å². The highest BCUT2D eigenvalue weighted by Crippen LogP contribution is 2.32. The Balaban J connectivity index is 1.67. The van der Waals surface area contributed by atoms with Crippen LogP contribution in [-0.4, -0.2) is 41.0 Å². The van der Waals surface area contributed by atoms with Crippen molar-refractivity contribution in [2.75, 3.05) is 31.1 Å². The van der Waals surface area contributed by atoms with Crippen LogP contribution in [0.3, 0.4) is 0 Å². The second-order valence-corrected chi connectivity index (χ2v) is 6.33. The molecule has 3 rings (SSSR count). The van der Waals surface area contributed by atoms with Gasteiger partial charge in [0.25, 0.3) is 0 Å². The van der Waals surface area contributed by atoms with E-state index in [1.54, 1.807) is 18.5 Å². The fourth-order valence-electron chi connectivity index (χ4n) is 3.14. The van der Waals surface area contributed by atoms with E-state index in [2.05, 4.69) is 19.8 Å². The molecule has 0 bridgehead atoms. The molecule has 25 heavy (non-hydrogen) atoms. The monoisotopic (exact) mass is 350 g/mol. The summed E-state index contributed by atoms with van der Waals surface area (Å²) < 4.78 is 39.4. The summed E-state index contributed by atoms with van der Waals surface area (Å²) >= 11 is 0. The molecule has 134 valence electrons. The predicted molar refractivity (Wildman–Crippen MR) is 90.4 cm³/mol. The van der Waals surface area contributed by atoms with Crippen LogP contribution in [0.5, 0.6) is 0 Å². The van der Waals surface area contributed by atoms with Crippen molar-refractivity contribution >= 4 is 5.82 Å². The van der Waals surface area contributed by atoms with E-state index in [0.29, 0.717) is 25.2 Å². The van der Waals surface area contributed by atoms with Gasteiger partial charge in [-0.05, 0) is 25.5 Å². The summed E-state index contributed by atoms with van der Waals surface area (Å²) in [7, 11) is 0. The van der Waals surface area contributed by atoms with Gasteiger partial charge in [0.15, 0.2) is 0 Å². The van der Waals surface area contributed by atoms with Crippen LogP contribution in [0.1, 0.15) is 22.4 Å². The third-order valence-electron chi connectivity index (χ3n) is 4.70. The van der Waals surface area contributed by atoms with Gasteiger partial charge in [-0.2, -0.15) is 13.2 Å². The van der Waals surface area contributed by atoms with Crippen molar-refractivity contribution in [3.8, 4) is 0 Å². The first-order chi connectivity index (χ1) is 11.9. The number of alkyl halides is 3. The Kier molecular flexibility index (Phi) is 4.94. The van der Waals surface area contributed by atoms with Crippen molar-refractivity contribution in [1.29, 1.82) is 0 Å². The van der Waals surface area contributed by atoms with Gasteiger partial charge in [0.05, 0.1) is 5.56 Å². The van der Waals surface area contributed by atoms with Crippen LogP contribution in [0.4, 0.5) is 19.0 Å². The maximum atomic E-state index is 13.1. The zero-order valence-corrected chi connectivity index (χ0v) is 14.3. The fourth-order valence-corrected chi connectivity index (χ4v) is 3.14. The molecule has 0 N–H and O–H groups in total. The van der Waals surface area contributed by atoms with Gasteiger partial charge in [-0.25, -0.2) is 9.97 Å². The number of aryl methyl sites for hydroxylation is 1. The van der Waals surface area contributed by atoms with E-state index in [9.17, 15) is 13.2 Å². The zero-order chi connectivity index (χ0) is 18.0. The van der Waals surface area contributed by atoms with E-state index in [1.807, 2.05) is 13.8 Å². The van der Waals surface area contributed by atoms with Crippen molar-refractivity contribution in [2.24, 2.45) is 0 Å². The molecular formula is C18H21F3N4. The largest absolute Gasteiger partial charge is 0.416 e. The molecule has 2 heterocycles. The average molecular weight is 350 g/mol. The number of hydrogen-bond donors (Lipinski definition) is 0. The molecule has 0 spiro atoms. The first-order valence-corrected chi connectivity index (χ1v) is 8.27. The van der Waals surface area contributed by atoms with E-state index in [1.165, 1.54) is 6.07 Å². The quantitative estimate of drug-likeness (QED) is 0.849. The molecule has 0 saturated carbocycles. The number of hydrogen-bond acceptors (Lipinski definition) is 4. The van der Waals surface area contributed by atoms with Crippen LogP contribution in [0.15, 0.2) is 30.6 Å². The first-order valence-electron chi connectivity index (χ1n) is 8.27. The summed E-state index contributed by atoms with van der Waals surface area (Å²) in [6.45, 7) is 7.15. The van der Waals surface area contributed by atoms with Crippen LogP contribution in [-0.2, 0) is 12.7 Å². The van der Waals surface area contributed by atoms with Crippen LogP contribution in [0, 0.1) is 13.8 Å². The average Bonchev–Trinajstić information content (AvgIpc) is 2.58. The highest BCUT2D eigenvalue weighted by Gasteiger charge is 2.33. The lowest BCUT2D eigenvalue weighted by Gasteiger charge is -2.36. The third-order valence-corrected chi connectivity index (χ3v) is 4.70. The number of rotatable bonds is 3. The van der Waals surface area contributed by atoms with Crippen molar-refractivity contribution < 1.29 is 13.2 Å². The summed E-state index contributed by atoms with van der Waals surface area (Å²) in [4.78, 5) is 12.8. The zero-order valence-electron chi connectivity index (χ0n) is 14.3. The van der Waals surface area contributed by atoms with Crippen molar-refractivity contribution in [3.63, 3.8) is 0 Å². The summed E-state index contributed by atoms with van der Waals surface area (Å²) in [5.41, 5.74) is 1.79. The van der Waals surface area contributed by atoms with Gasteiger partial charge >= 0.3 is 6.18 Å². The maximum absolute atomic E-state index is 13.1. The summed E-state index contributed by atoms with van der Waals surface area (Å²) in [6.07, 6.45) is -2.75. The molecule has 0 atom stereocenters. The summed E-state index contributed by atoms with van der Waals surface area (Å²) in [5, 5.41) is 0. The minimum Gasteiger partial charge on any atom is -0.354 e. The van der Waals surface area contributed by atoms with Crippen LogP contribution >= 0.6 is 0 Å². The van der Waals surface area contributed by atoms with Gasteiger partial charge < -0.3 is 4.90 Å². The smallest absolute Gasteiger partial charge is 0.354 e. The fraction of sp³-hybridized carbons (Fsp3) is 0.444. The molecule has 1 aliphatic heterocycles. The third kappa shape index (κ3) is 3.92. The first kappa shape index (κ1) is 17.7. The van der Waals surface area contributed by atoms with E-state index in [-0.39, 0.29) is 0 Å². The second-order valence-electron chi connectivity index (χ2n) is 6.33. The molecule has 0 aliphatic carbocycles. The Labute approximate surface area is 145 Å². The van der Waals surface area contributed by atoms with Crippen LogP contribution < -0.4 is 4.90 Å². The highest BCUT2D eigenvalue weighted by atomic mass is 19.4. The van der Waals surface area contributed by atoms with Gasteiger partial charge in [0.1, 0.15) is 12.1 Å². The second kappa shape index (κ2) is 7.00. The van der Waals surface area contributed by atoms with Crippen molar-refractivity contribution in [1.82, 2.24) is 14.9 Å². The number of benzene rings is 1. The SMILES string of the molecule is Cc1ncnc(N2CCN(Cc3ccccc3C(F)(F)F)CC2)c1C. The maximum Gasteiger partial charge on any atom is 0.416 e. The molecule has 0 radical (unpaired) electrons. The topological polar surface area (TPSA) is 32.3 Å². The summed E-state index contributed by atoms with van der Waals surface area (Å²) in [5.74, 6) is 0.919. The number of piperazine rings is 1. The molecular weight excluding hydrogens is 329 g/mol. The molecule has 0 amide bonds. The van der Waals surface area contributed by atoms with Crippen LogP contribution in [0.25, 0.3) is 0 Å². The lowest BCUT2D eigenvalue weighted by molar-refractivity contribution is -0.138. The molecule has 1 saturated heterocycles. The van der Waals surface area contributed by atoms with Gasteiger partial charge in [-0.3, -0.25) is 4.90 Å². The summed E-state index contributed by atoms with van der Waals surface area (Å²) in [6, 6.07) is 5.81. The van der Waals surface area contributed by atoms with E-state index in [4.69, 9.17) is 0 Å². The van der Waals surface area contributed by atoms with Gasteiger partial charge in [0, 0.05) is 44.0 Å². The van der Waals surface area contributed by atoms with Crippen LogP contribution in [0.2, 0.25) is 0 Å². The van der Waals surface area contributed by atoms with Gasteiger partial charge in [-0.15, -0.1) is 0 Å². The molecule has 1 fully saturated rings. The minimum atomic E-state index is -4.31. The Morgan fingerprint density at radius 3 is 2.36 bits per heavy atom. The molecule has 7 heteroatoms. The molecule has 0 unspecified atom stereocenters. The number of nitrogens with zero attached hydrogens (tertiary/aromatic N) is 4. The normalized spacial score (nSPS) is 16.3. The van der Waals surface area contributed by atoms with Gasteiger partial charge in [-0.1, -0.05) is 18.2 Å². The number of aromatic nitrogens is 2. The molecule has 2 aromatic rings. The lowest BCUT2D eigenvalue weighted by atomic mass is 10.1. The Bertz CT molecular complexity index is 737. The highest BCUT2D eigenvalue weighted by molar-refractivity contribution is 5.47. The predicted octanol–water partition coefficient (Wildman–Crippen LogP) is 3.43. The van der Waals surface area contributed by atoms with Gasteiger partial charge in [0.2, 0.25) is 0 Å². The Morgan fingerprint density at radius 2 is 1.68 bits per heavy atom. The molecule has 1 aromatic carbocycles.